The fourth-order valence-corrected chi connectivity index (χ4v) is 2.16. The summed E-state index contributed by atoms with van der Waals surface area (Å²) in [7, 11) is 0. The van der Waals surface area contributed by atoms with Gasteiger partial charge in [0.05, 0.1) is 0 Å². The quantitative estimate of drug-likeness (QED) is 0.795. The zero-order chi connectivity index (χ0) is 15.8. The molecule has 3 heteroatoms. The monoisotopic (exact) mass is 290 g/mol. The standard InChI is InChI=1S/C18H30N2O/c1-14(2)10-12-20(13-11-15(3)4)18(21)17(19)16-8-6-5-7-9-16/h5-9,14-15,17H,10-13,19H2,1-4H3/t17-/m1/s1. The Morgan fingerprint density at radius 2 is 1.48 bits per heavy atom. The average Bonchev–Trinajstić information content (AvgIpc) is 2.46. The van der Waals surface area contributed by atoms with Crippen LogP contribution in [0.3, 0.4) is 0 Å². The lowest BCUT2D eigenvalue weighted by atomic mass is 10.0. The summed E-state index contributed by atoms with van der Waals surface area (Å²) in [6, 6.07) is 9.09. The van der Waals surface area contributed by atoms with E-state index in [1.165, 1.54) is 0 Å². The summed E-state index contributed by atoms with van der Waals surface area (Å²) in [6.07, 6.45) is 2.04. The number of nitrogens with zero attached hydrogens (tertiary/aromatic N) is 1. The molecule has 0 saturated carbocycles. The van der Waals surface area contributed by atoms with E-state index in [1.54, 1.807) is 0 Å². The van der Waals surface area contributed by atoms with E-state index in [-0.39, 0.29) is 5.91 Å². The molecule has 0 aromatic heterocycles. The SMILES string of the molecule is CC(C)CCN(CCC(C)C)C(=O)[C@H](N)c1ccccc1. The number of hydrogen-bond donors (Lipinski definition) is 1. The fourth-order valence-electron chi connectivity index (χ4n) is 2.16. The zero-order valence-corrected chi connectivity index (χ0v) is 13.9. The smallest absolute Gasteiger partial charge is 0.244 e. The third kappa shape index (κ3) is 6.30. The van der Waals surface area contributed by atoms with Crippen molar-refractivity contribution in [3.8, 4) is 0 Å². The molecule has 1 aromatic rings. The third-order valence-electron chi connectivity index (χ3n) is 3.69. The molecule has 118 valence electrons. The number of rotatable bonds is 8. The Hall–Kier alpha value is -1.35. The zero-order valence-electron chi connectivity index (χ0n) is 13.9. The molecule has 21 heavy (non-hydrogen) atoms. The summed E-state index contributed by atoms with van der Waals surface area (Å²) in [5, 5.41) is 0. The largest absolute Gasteiger partial charge is 0.341 e. The molecular formula is C18H30N2O. The molecular weight excluding hydrogens is 260 g/mol. The van der Waals surface area contributed by atoms with E-state index < -0.39 is 6.04 Å². The van der Waals surface area contributed by atoms with Crippen LogP contribution in [0.5, 0.6) is 0 Å². The summed E-state index contributed by atoms with van der Waals surface area (Å²) < 4.78 is 0. The maximum absolute atomic E-state index is 12.7. The summed E-state index contributed by atoms with van der Waals surface area (Å²) in [6.45, 7) is 10.3. The van der Waals surface area contributed by atoms with Gasteiger partial charge in [0.25, 0.3) is 0 Å². The van der Waals surface area contributed by atoms with Gasteiger partial charge in [-0.25, -0.2) is 0 Å². The number of hydrogen-bond acceptors (Lipinski definition) is 2. The number of carbonyl (C=O) groups is 1. The van der Waals surface area contributed by atoms with Crippen molar-refractivity contribution >= 4 is 5.91 Å². The molecule has 0 aliphatic rings. The van der Waals surface area contributed by atoms with Crippen LogP contribution in [0.2, 0.25) is 0 Å². The Labute approximate surface area is 129 Å². The van der Waals surface area contributed by atoms with Crippen LogP contribution in [0, 0.1) is 11.8 Å². The lowest BCUT2D eigenvalue weighted by Gasteiger charge is -2.27. The topological polar surface area (TPSA) is 46.3 Å². The highest BCUT2D eigenvalue weighted by atomic mass is 16.2. The van der Waals surface area contributed by atoms with Gasteiger partial charge in [-0.15, -0.1) is 0 Å². The van der Waals surface area contributed by atoms with Gasteiger partial charge >= 0.3 is 0 Å². The van der Waals surface area contributed by atoms with Crippen LogP contribution < -0.4 is 5.73 Å². The van der Waals surface area contributed by atoms with Crippen LogP contribution in [-0.2, 0) is 4.79 Å². The molecule has 0 spiro atoms. The molecule has 0 saturated heterocycles. The van der Waals surface area contributed by atoms with Crippen LogP contribution in [-0.4, -0.2) is 23.9 Å². The molecule has 0 aliphatic heterocycles. The van der Waals surface area contributed by atoms with Crippen molar-refractivity contribution < 1.29 is 4.79 Å². The van der Waals surface area contributed by atoms with Crippen LogP contribution in [0.25, 0.3) is 0 Å². The molecule has 0 aliphatic carbocycles. The van der Waals surface area contributed by atoms with E-state index in [1.807, 2.05) is 35.2 Å². The predicted molar refractivity (Wildman–Crippen MR) is 88.9 cm³/mol. The molecule has 0 heterocycles. The van der Waals surface area contributed by atoms with Crippen molar-refractivity contribution in [1.82, 2.24) is 4.90 Å². The maximum Gasteiger partial charge on any atom is 0.244 e. The van der Waals surface area contributed by atoms with Crippen molar-refractivity contribution in [3.63, 3.8) is 0 Å². The summed E-state index contributed by atoms with van der Waals surface area (Å²) >= 11 is 0. The summed E-state index contributed by atoms with van der Waals surface area (Å²) in [5.41, 5.74) is 7.05. The van der Waals surface area contributed by atoms with Gasteiger partial charge in [0, 0.05) is 13.1 Å². The minimum absolute atomic E-state index is 0.0440. The summed E-state index contributed by atoms with van der Waals surface area (Å²) in [5.74, 6) is 1.22. The highest BCUT2D eigenvalue weighted by molar-refractivity contribution is 5.83. The van der Waals surface area contributed by atoms with E-state index in [4.69, 9.17) is 5.73 Å². The summed E-state index contributed by atoms with van der Waals surface area (Å²) in [4.78, 5) is 14.6. The van der Waals surface area contributed by atoms with E-state index in [0.29, 0.717) is 11.8 Å². The van der Waals surface area contributed by atoms with Gasteiger partial charge in [-0.2, -0.15) is 0 Å². The van der Waals surface area contributed by atoms with Gasteiger partial charge in [0.15, 0.2) is 0 Å². The van der Waals surface area contributed by atoms with Crippen molar-refractivity contribution in [2.45, 2.75) is 46.6 Å². The second-order valence-electron chi connectivity index (χ2n) is 6.58. The molecule has 1 amide bonds. The Kier molecular flexibility index (Phi) is 7.44. The van der Waals surface area contributed by atoms with Gasteiger partial charge in [-0.1, -0.05) is 58.0 Å². The van der Waals surface area contributed by atoms with Gasteiger partial charge < -0.3 is 10.6 Å². The number of nitrogens with two attached hydrogens (primary N) is 1. The molecule has 1 aromatic carbocycles. The molecule has 0 radical (unpaired) electrons. The number of amides is 1. The van der Waals surface area contributed by atoms with Crippen molar-refractivity contribution in [3.05, 3.63) is 35.9 Å². The normalized spacial score (nSPS) is 12.7. The Balaban J connectivity index is 2.73. The highest BCUT2D eigenvalue weighted by Crippen LogP contribution is 2.15. The third-order valence-corrected chi connectivity index (χ3v) is 3.69. The molecule has 0 fully saturated rings. The van der Waals surface area contributed by atoms with E-state index in [9.17, 15) is 4.79 Å². The number of carbonyl (C=O) groups excluding carboxylic acids is 1. The van der Waals surface area contributed by atoms with E-state index >= 15 is 0 Å². The fraction of sp³-hybridized carbons (Fsp3) is 0.611. The molecule has 3 nitrogen and oxygen atoms in total. The molecule has 0 unspecified atom stereocenters. The van der Waals surface area contributed by atoms with Crippen LogP contribution in [0.1, 0.15) is 52.1 Å². The highest BCUT2D eigenvalue weighted by Gasteiger charge is 2.22. The number of benzene rings is 1. The first-order chi connectivity index (χ1) is 9.91. The molecule has 2 N–H and O–H groups in total. The average molecular weight is 290 g/mol. The van der Waals surface area contributed by atoms with Gasteiger partial charge in [0.2, 0.25) is 5.91 Å². The van der Waals surface area contributed by atoms with Crippen LogP contribution >= 0.6 is 0 Å². The minimum Gasteiger partial charge on any atom is -0.341 e. The van der Waals surface area contributed by atoms with Crippen LogP contribution in [0.15, 0.2) is 30.3 Å². The van der Waals surface area contributed by atoms with Crippen LogP contribution in [0.4, 0.5) is 0 Å². The predicted octanol–water partition coefficient (Wildman–Crippen LogP) is 3.61. The first-order valence-electron chi connectivity index (χ1n) is 8.01. The first kappa shape index (κ1) is 17.7. The second kappa shape index (κ2) is 8.83. The van der Waals surface area contributed by atoms with Crippen molar-refractivity contribution in [2.24, 2.45) is 17.6 Å². The minimum atomic E-state index is -0.550. The first-order valence-corrected chi connectivity index (χ1v) is 8.01. The molecule has 0 bridgehead atoms. The molecule has 1 atom stereocenters. The van der Waals surface area contributed by atoms with E-state index in [0.717, 1.165) is 31.5 Å². The second-order valence-corrected chi connectivity index (χ2v) is 6.58. The van der Waals surface area contributed by atoms with E-state index in [2.05, 4.69) is 27.7 Å². The van der Waals surface area contributed by atoms with Gasteiger partial charge in [-0.3, -0.25) is 4.79 Å². The molecule has 1 rings (SSSR count). The Bertz CT molecular complexity index is 402. The van der Waals surface area contributed by atoms with Crippen molar-refractivity contribution in [2.75, 3.05) is 13.1 Å². The Morgan fingerprint density at radius 3 is 1.90 bits per heavy atom. The van der Waals surface area contributed by atoms with Crippen molar-refractivity contribution in [1.29, 1.82) is 0 Å². The Morgan fingerprint density at radius 1 is 1.00 bits per heavy atom. The lowest BCUT2D eigenvalue weighted by Crippen LogP contribution is -2.40. The van der Waals surface area contributed by atoms with Gasteiger partial charge in [0.1, 0.15) is 6.04 Å². The maximum atomic E-state index is 12.7. The lowest BCUT2D eigenvalue weighted by molar-refractivity contribution is -0.133. The van der Waals surface area contributed by atoms with Gasteiger partial charge in [-0.05, 0) is 30.2 Å².